The Labute approximate surface area is 87.7 Å². The van der Waals surface area contributed by atoms with Gasteiger partial charge in [-0.05, 0) is 19.4 Å². The third-order valence-corrected chi connectivity index (χ3v) is 2.73. The molecular formula is C10H14N2O3. The molecule has 0 amide bonds. The predicted molar refractivity (Wildman–Crippen MR) is 52.1 cm³/mol. The van der Waals surface area contributed by atoms with Gasteiger partial charge in [0, 0.05) is 12.6 Å². The summed E-state index contributed by atoms with van der Waals surface area (Å²) in [6, 6.07) is 1.81. The molecule has 0 radical (unpaired) electrons. The standard InChI is InChI=1S/C10H14N2O3/c13-10(14)8-2-1-5-12(6-8)7-9-3-4-11-15-9/h3-4,8H,1-2,5-7H2,(H,13,14). The van der Waals surface area contributed by atoms with E-state index in [0.29, 0.717) is 13.1 Å². The fourth-order valence-corrected chi connectivity index (χ4v) is 1.94. The van der Waals surface area contributed by atoms with E-state index in [2.05, 4.69) is 10.1 Å². The first-order valence-corrected chi connectivity index (χ1v) is 5.10. The number of aromatic nitrogens is 1. The summed E-state index contributed by atoms with van der Waals surface area (Å²) < 4.78 is 4.99. The Bertz CT molecular complexity index is 323. The molecule has 1 aliphatic rings. The van der Waals surface area contributed by atoms with Crippen molar-refractivity contribution in [3.8, 4) is 0 Å². The van der Waals surface area contributed by atoms with Gasteiger partial charge in [-0.1, -0.05) is 5.16 Å². The van der Waals surface area contributed by atoms with Crippen molar-refractivity contribution >= 4 is 5.97 Å². The number of aliphatic carboxylic acids is 1. The van der Waals surface area contributed by atoms with Gasteiger partial charge in [0.1, 0.15) is 0 Å². The molecule has 5 heteroatoms. The molecule has 15 heavy (non-hydrogen) atoms. The molecular weight excluding hydrogens is 196 g/mol. The molecule has 0 bridgehead atoms. The molecule has 1 N–H and O–H groups in total. The van der Waals surface area contributed by atoms with E-state index in [0.717, 1.165) is 25.1 Å². The molecule has 1 saturated heterocycles. The van der Waals surface area contributed by atoms with Crippen molar-refractivity contribution in [3.63, 3.8) is 0 Å². The third-order valence-electron chi connectivity index (χ3n) is 2.73. The Morgan fingerprint density at radius 1 is 1.73 bits per heavy atom. The van der Waals surface area contributed by atoms with Crippen LogP contribution in [0.2, 0.25) is 0 Å². The van der Waals surface area contributed by atoms with Crippen LogP contribution in [0.3, 0.4) is 0 Å². The molecule has 1 unspecified atom stereocenters. The summed E-state index contributed by atoms with van der Waals surface area (Å²) >= 11 is 0. The van der Waals surface area contributed by atoms with Crippen molar-refractivity contribution in [2.45, 2.75) is 19.4 Å². The van der Waals surface area contributed by atoms with Gasteiger partial charge in [-0.25, -0.2) is 0 Å². The molecule has 82 valence electrons. The largest absolute Gasteiger partial charge is 0.481 e. The highest BCUT2D eigenvalue weighted by molar-refractivity contribution is 5.70. The topological polar surface area (TPSA) is 66.6 Å². The van der Waals surface area contributed by atoms with Crippen LogP contribution in [0.1, 0.15) is 18.6 Å². The Morgan fingerprint density at radius 2 is 2.60 bits per heavy atom. The van der Waals surface area contributed by atoms with Gasteiger partial charge in [0.2, 0.25) is 0 Å². The summed E-state index contributed by atoms with van der Waals surface area (Å²) in [4.78, 5) is 12.9. The molecule has 5 nitrogen and oxygen atoms in total. The van der Waals surface area contributed by atoms with Crippen LogP contribution in [0.4, 0.5) is 0 Å². The Kier molecular flexibility index (Phi) is 3.01. The monoisotopic (exact) mass is 210 g/mol. The average molecular weight is 210 g/mol. The molecule has 0 saturated carbocycles. The van der Waals surface area contributed by atoms with Crippen LogP contribution in [0.5, 0.6) is 0 Å². The summed E-state index contributed by atoms with van der Waals surface area (Å²) in [5.74, 6) is -0.139. The molecule has 0 aromatic carbocycles. The Hall–Kier alpha value is -1.36. The number of carbonyl (C=O) groups is 1. The second kappa shape index (κ2) is 4.44. The van der Waals surface area contributed by atoms with Crippen LogP contribution in [-0.4, -0.2) is 34.2 Å². The molecule has 0 spiro atoms. The Balaban J connectivity index is 1.90. The van der Waals surface area contributed by atoms with Gasteiger partial charge >= 0.3 is 5.97 Å². The van der Waals surface area contributed by atoms with Crippen LogP contribution in [0.25, 0.3) is 0 Å². The van der Waals surface area contributed by atoms with Crippen LogP contribution in [-0.2, 0) is 11.3 Å². The minimum atomic E-state index is -0.697. The lowest BCUT2D eigenvalue weighted by molar-refractivity contribution is -0.143. The SMILES string of the molecule is O=C(O)C1CCCN(Cc2ccno2)C1. The second-order valence-electron chi connectivity index (χ2n) is 3.89. The molecule has 0 aliphatic carbocycles. The van der Waals surface area contributed by atoms with Gasteiger partial charge in [0.25, 0.3) is 0 Å². The maximum atomic E-state index is 10.8. The van der Waals surface area contributed by atoms with Crippen LogP contribution >= 0.6 is 0 Å². The first-order chi connectivity index (χ1) is 7.25. The third kappa shape index (κ3) is 2.56. The summed E-state index contributed by atoms with van der Waals surface area (Å²) in [5, 5.41) is 12.5. The fraction of sp³-hybridized carbons (Fsp3) is 0.600. The lowest BCUT2D eigenvalue weighted by Crippen LogP contribution is -2.38. The van der Waals surface area contributed by atoms with Gasteiger partial charge in [0.15, 0.2) is 5.76 Å². The van der Waals surface area contributed by atoms with Crippen molar-refractivity contribution in [2.75, 3.05) is 13.1 Å². The number of likely N-dealkylation sites (tertiary alicyclic amines) is 1. The molecule has 1 aromatic heterocycles. The van der Waals surface area contributed by atoms with Crippen molar-refractivity contribution in [3.05, 3.63) is 18.0 Å². The highest BCUT2D eigenvalue weighted by Gasteiger charge is 2.25. The van der Waals surface area contributed by atoms with Gasteiger partial charge in [-0.15, -0.1) is 0 Å². The van der Waals surface area contributed by atoms with Gasteiger partial charge in [-0.3, -0.25) is 9.69 Å². The zero-order chi connectivity index (χ0) is 10.7. The number of carboxylic acids is 1. The number of carboxylic acid groups (broad SMARTS) is 1. The van der Waals surface area contributed by atoms with Crippen molar-refractivity contribution in [1.29, 1.82) is 0 Å². The zero-order valence-corrected chi connectivity index (χ0v) is 8.43. The van der Waals surface area contributed by atoms with Crippen molar-refractivity contribution in [2.24, 2.45) is 5.92 Å². The first-order valence-electron chi connectivity index (χ1n) is 5.10. The maximum Gasteiger partial charge on any atom is 0.307 e. The quantitative estimate of drug-likeness (QED) is 0.805. The molecule has 1 fully saturated rings. The van der Waals surface area contributed by atoms with E-state index in [1.165, 1.54) is 0 Å². The fourth-order valence-electron chi connectivity index (χ4n) is 1.94. The summed E-state index contributed by atoms with van der Waals surface area (Å²) in [5.41, 5.74) is 0. The maximum absolute atomic E-state index is 10.8. The van der Waals surface area contributed by atoms with E-state index in [-0.39, 0.29) is 5.92 Å². The summed E-state index contributed by atoms with van der Waals surface area (Å²) in [6.45, 7) is 2.20. The van der Waals surface area contributed by atoms with Crippen molar-refractivity contribution < 1.29 is 14.4 Å². The van der Waals surface area contributed by atoms with Gasteiger partial charge < -0.3 is 9.63 Å². The second-order valence-corrected chi connectivity index (χ2v) is 3.89. The number of hydrogen-bond donors (Lipinski definition) is 1. The van der Waals surface area contributed by atoms with Gasteiger partial charge in [0.05, 0.1) is 18.7 Å². The zero-order valence-electron chi connectivity index (χ0n) is 8.43. The number of hydrogen-bond acceptors (Lipinski definition) is 4. The summed E-state index contributed by atoms with van der Waals surface area (Å²) in [6.07, 6.45) is 3.32. The predicted octanol–water partition coefficient (Wildman–Crippen LogP) is 0.971. The van der Waals surface area contributed by atoms with E-state index >= 15 is 0 Å². The van der Waals surface area contributed by atoms with E-state index in [1.807, 2.05) is 6.07 Å². The number of rotatable bonds is 3. The Morgan fingerprint density at radius 3 is 3.27 bits per heavy atom. The normalized spacial score (nSPS) is 22.8. The van der Waals surface area contributed by atoms with E-state index < -0.39 is 5.97 Å². The first kappa shape index (κ1) is 10.2. The molecule has 2 rings (SSSR count). The highest BCUT2D eigenvalue weighted by Crippen LogP contribution is 2.18. The van der Waals surface area contributed by atoms with E-state index in [9.17, 15) is 4.79 Å². The minimum absolute atomic E-state index is 0.235. The smallest absolute Gasteiger partial charge is 0.307 e. The molecule has 1 aromatic rings. The van der Waals surface area contributed by atoms with E-state index in [1.54, 1.807) is 6.20 Å². The van der Waals surface area contributed by atoms with Gasteiger partial charge in [-0.2, -0.15) is 0 Å². The lowest BCUT2D eigenvalue weighted by Gasteiger charge is -2.29. The van der Waals surface area contributed by atoms with E-state index in [4.69, 9.17) is 9.63 Å². The van der Waals surface area contributed by atoms with Crippen LogP contribution in [0.15, 0.2) is 16.8 Å². The van der Waals surface area contributed by atoms with Crippen molar-refractivity contribution in [1.82, 2.24) is 10.1 Å². The molecule has 1 aliphatic heterocycles. The molecule has 2 heterocycles. The number of piperidine rings is 1. The molecule has 1 atom stereocenters. The lowest BCUT2D eigenvalue weighted by atomic mass is 9.98. The average Bonchev–Trinajstić information content (AvgIpc) is 2.71. The summed E-state index contributed by atoms with van der Waals surface area (Å²) in [7, 11) is 0. The van der Waals surface area contributed by atoms with Crippen LogP contribution in [0, 0.1) is 5.92 Å². The minimum Gasteiger partial charge on any atom is -0.481 e. The number of nitrogens with zero attached hydrogens (tertiary/aromatic N) is 2. The highest BCUT2D eigenvalue weighted by atomic mass is 16.5. The van der Waals surface area contributed by atoms with Crippen LogP contribution < -0.4 is 0 Å².